The number of carbonyl (C=O) groups is 2. The second-order valence-electron chi connectivity index (χ2n) is 3.06. The summed E-state index contributed by atoms with van der Waals surface area (Å²) in [6.45, 7) is 4.00. The monoisotopic (exact) mass is 238 g/mol. The third-order valence-electron chi connectivity index (χ3n) is 1.77. The van der Waals surface area contributed by atoms with Crippen molar-refractivity contribution in [2.75, 3.05) is 5.32 Å². The van der Waals surface area contributed by atoms with Gasteiger partial charge in [-0.1, -0.05) is 32.0 Å². The third-order valence-corrected chi connectivity index (χ3v) is 1.77. The van der Waals surface area contributed by atoms with Crippen molar-refractivity contribution in [2.45, 2.75) is 26.3 Å². The molecule has 0 radical (unpaired) electrons. The van der Waals surface area contributed by atoms with E-state index in [1.165, 1.54) is 0 Å². The molecule has 1 aromatic carbocycles. The van der Waals surface area contributed by atoms with E-state index in [9.17, 15) is 9.59 Å². The molecule has 1 amide bonds. The molecule has 0 aliphatic rings. The maximum absolute atomic E-state index is 11.3. The largest absolute Gasteiger partial charge is 0.481 e. The first kappa shape index (κ1) is 15.1. The minimum Gasteiger partial charge on any atom is -0.481 e. The number of carboxylic acids is 1. The summed E-state index contributed by atoms with van der Waals surface area (Å²) in [5.41, 5.74) is 5.97. The molecule has 1 unspecified atom stereocenters. The van der Waals surface area contributed by atoms with Crippen LogP contribution in [0.15, 0.2) is 30.3 Å². The molecule has 0 aliphatic heterocycles. The zero-order valence-corrected chi connectivity index (χ0v) is 10.0. The Morgan fingerprint density at radius 3 is 2.29 bits per heavy atom. The van der Waals surface area contributed by atoms with Crippen LogP contribution in [0.4, 0.5) is 5.69 Å². The number of carboxylic acid groups (broad SMARTS) is 1. The van der Waals surface area contributed by atoms with Crippen LogP contribution in [0.3, 0.4) is 0 Å². The summed E-state index contributed by atoms with van der Waals surface area (Å²) in [6.07, 6.45) is -0.376. The smallest absolute Gasteiger partial charge is 0.305 e. The molecule has 4 N–H and O–H groups in total. The Morgan fingerprint density at radius 2 is 1.82 bits per heavy atom. The normalized spacial score (nSPS) is 10.8. The zero-order chi connectivity index (χ0) is 13.3. The molecule has 0 saturated carbocycles. The summed E-state index contributed by atoms with van der Waals surface area (Å²) in [5.74, 6) is -1.59. The molecule has 0 saturated heterocycles. The predicted octanol–water partition coefficient (Wildman–Crippen LogP) is 1.45. The van der Waals surface area contributed by atoms with Crippen LogP contribution in [0.2, 0.25) is 0 Å². The molecule has 1 aromatic rings. The van der Waals surface area contributed by atoms with E-state index >= 15 is 0 Å². The van der Waals surface area contributed by atoms with Gasteiger partial charge in [0, 0.05) is 5.69 Å². The van der Waals surface area contributed by atoms with E-state index in [1.54, 1.807) is 24.3 Å². The Labute approximate surface area is 101 Å². The SMILES string of the molecule is CC.NC(CC(=O)O)C(=O)Nc1ccccc1. The topological polar surface area (TPSA) is 92.4 Å². The molecule has 1 atom stereocenters. The lowest BCUT2D eigenvalue weighted by molar-refractivity contribution is -0.138. The Hall–Kier alpha value is -1.88. The van der Waals surface area contributed by atoms with Gasteiger partial charge in [0.2, 0.25) is 5.91 Å². The van der Waals surface area contributed by atoms with Crippen molar-refractivity contribution in [3.05, 3.63) is 30.3 Å². The maximum atomic E-state index is 11.3. The summed E-state index contributed by atoms with van der Waals surface area (Å²) in [5, 5.41) is 11.0. The molecular weight excluding hydrogens is 220 g/mol. The molecule has 17 heavy (non-hydrogen) atoms. The molecule has 5 nitrogen and oxygen atoms in total. The van der Waals surface area contributed by atoms with E-state index < -0.39 is 17.9 Å². The number of amides is 1. The van der Waals surface area contributed by atoms with Crippen molar-refractivity contribution in [3.8, 4) is 0 Å². The van der Waals surface area contributed by atoms with Crippen LogP contribution in [0.5, 0.6) is 0 Å². The van der Waals surface area contributed by atoms with Crippen molar-refractivity contribution in [1.29, 1.82) is 0 Å². The van der Waals surface area contributed by atoms with Crippen LogP contribution < -0.4 is 11.1 Å². The van der Waals surface area contributed by atoms with Crippen molar-refractivity contribution in [1.82, 2.24) is 0 Å². The van der Waals surface area contributed by atoms with Crippen molar-refractivity contribution >= 4 is 17.6 Å². The maximum Gasteiger partial charge on any atom is 0.305 e. The number of hydrogen-bond acceptors (Lipinski definition) is 3. The van der Waals surface area contributed by atoms with Crippen LogP contribution >= 0.6 is 0 Å². The summed E-state index contributed by atoms with van der Waals surface area (Å²) in [6, 6.07) is 7.71. The third kappa shape index (κ3) is 6.32. The molecule has 94 valence electrons. The molecule has 0 aromatic heterocycles. The van der Waals surface area contributed by atoms with Gasteiger partial charge < -0.3 is 16.2 Å². The number of nitrogens with one attached hydrogen (secondary N) is 1. The summed E-state index contributed by atoms with van der Waals surface area (Å²) < 4.78 is 0. The molecule has 0 fully saturated rings. The Kier molecular flexibility index (Phi) is 7.38. The Balaban J connectivity index is 0.00000121. The highest BCUT2D eigenvalue weighted by Crippen LogP contribution is 2.05. The summed E-state index contributed by atoms with van der Waals surface area (Å²) in [7, 11) is 0. The number of benzene rings is 1. The summed E-state index contributed by atoms with van der Waals surface area (Å²) >= 11 is 0. The van der Waals surface area contributed by atoms with Gasteiger partial charge in [-0.25, -0.2) is 0 Å². The average Bonchev–Trinajstić information content (AvgIpc) is 2.32. The molecule has 5 heteroatoms. The number of anilines is 1. The Bertz CT molecular complexity index is 352. The van der Waals surface area contributed by atoms with E-state index in [-0.39, 0.29) is 6.42 Å². The zero-order valence-electron chi connectivity index (χ0n) is 10.0. The van der Waals surface area contributed by atoms with Gasteiger partial charge >= 0.3 is 5.97 Å². The van der Waals surface area contributed by atoms with Gasteiger partial charge in [-0.05, 0) is 12.1 Å². The number of carbonyl (C=O) groups excluding carboxylic acids is 1. The highest BCUT2D eigenvalue weighted by Gasteiger charge is 2.16. The summed E-state index contributed by atoms with van der Waals surface area (Å²) in [4.78, 5) is 21.7. The fourth-order valence-electron chi connectivity index (χ4n) is 1.04. The highest BCUT2D eigenvalue weighted by atomic mass is 16.4. The standard InChI is InChI=1S/C10H12N2O3.C2H6/c11-8(6-9(13)14)10(15)12-7-4-2-1-3-5-7;1-2/h1-5,8H,6,11H2,(H,12,15)(H,13,14);1-2H3. The number of nitrogens with two attached hydrogens (primary N) is 1. The second kappa shape index (κ2) is 8.29. The Morgan fingerprint density at radius 1 is 1.29 bits per heavy atom. The fraction of sp³-hybridized carbons (Fsp3) is 0.333. The van der Waals surface area contributed by atoms with Gasteiger partial charge in [0.05, 0.1) is 12.5 Å². The van der Waals surface area contributed by atoms with Gasteiger partial charge in [-0.15, -0.1) is 0 Å². The molecule has 0 bridgehead atoms. The molecule has 0 heterocycles. The lowest BCUT2D eigenvalue weighted by Gasteiger charge is -2.09. The van der Waals surface area contributed by atoms with Crippen molar-refractivity contribution < 1.29 is 14.7 Å². The van der Waals surface area contributed by atoms with Crippen LogP contribution in [-0.2, 0) is 9.59 Å². The molecule has 1 rings (SSSR count). The van der Waals surface area contributed by atoms with E-state index in [0.29, 0.717) is 5.69 Å². The van der Waals surface area contributed by atoms with E-state index in [4.69, 9.17) is 10.8 Å². The van der Waals surface area contributed by atoms with Gasteiger partial charge in [0.25, 0.3) is 0 Å². The number of aliphatic carboxylic acids is 1. The van der Waals surface area contributed by atoms with Gasteiger partial charge in [0.1, 0.15) is 0 Å². The lowest BCUT2D eigenvalue weighted by Crippen LogP contribution is -2.37. The average molecular weight is 238 g/mol. The van der Waals surface area contributed by atoms with E-state index in [0.717, 1.165) is 0 Å². The predicted molar refractivity (Wildman–Crippen MR) is 66.6 cm³/mol. The first-order valence-corrected chi connectivity index (χ1v) is 5.43. The van der Waals surface area contributed by atoms with Crippen LogP contribution in [0, 0.1) is 0 Å². The van der Waals surface area contributed by atoms with Gasteiger partial charge in [-0.2, -0.15) is 0 Å². The fourth-order valence-corrected chi connectivity index (χ4v) is 1.04. The van der Waals surface area contributed by atoms with E-state index in [2.05, 4.69) is 5.32 Å². The van der Waals surface area contributed by atoms with Gasteiger partial charge in [0.15, 0.2) is 0 Å². The quantitative estimate of drug-likeness (QED) is 0.740. The van der Waals surface area contributed by atoms with Crippen molar-refractivity contribution in [3.63, 3.8) is 0 Å². The van der Waals surface area contributed by atoms with Crippen LogP contribution in [-0.4, -0.2) is 23.0 Å². The molecule has 0 spiro atoms. The second-order valence-corrected chi connectivity index (χ2v) is 3.06. The first-order chi connectivity index (χ1) is 8.09. The van der Waals surface area contributed by atoms with Crippen LogP contribution in [0.25, 0.3) is 0 Å². The van der Waals surface area contributed by atoms with Crippen LogP contribution in [0.1, 0.15) is 20.3 Å². The van der Waals surface area contributed by atoms with Gasteiger partial charge in [-0.3, -0.25) is 9.59 Å². The minimum atomic E-state index is -1.09. The molecular formula is C12H18N2O3. The lowest BCUT2D eigenvalue weighted by atomic mass is 10.2. The minimum absolute atomic E-state index is 0.376. The number of hydrogen-bond donors (Lipinski definition) is 3. The molecule has 0 aliphatic carbocycles. The first-order valence-electron chi connectivity index (χ1n) is 5.43. The van der Waals surface area contributed by atoms with Crippen molar-refractivity contribution in [2.24, 2.45) is 5.73 Å². The highest BCUT2D eigenvalue weighted by molar-refractivity contribution is 5.96. The number of rotatable bonds is 4. The van der Waals surface area contributed by atoms with E-state index in [1.807, 2.05) is 19.9 Å². The number of para-hydroxylation sites is 1.